The molecule has 0 aromatic carbocycles. The van der Waals surface area contributed by atoms with Crippen molar-refractivity contribution in [2.24, 2.45) is 5.41 Å². The normalized spacial score (nSPS) is 21.7. The highest BCUT2D eigenvalue weighted by molar-refractivity contribution is 5.91. The summed E-state index contributed by atoms with van der Waals surface area (Å²) in [6.45, 7) is 7.79. The van der Waals surface area contributed by atoms with Crippen molar-refractivity contribution >= 4 is 5.78 Å². The summed E-state index contributed by atoms with van der Waals surface area (Å²) in [5.74, 6) is -0.393. The van der Waals surface area contributed by atoms with Crippen molar-refractivity contribution in [2.75, 3.05) is 0 Å². The number of hydrogen-bond acceptors (Lipinski definition) is 2. The summed E-state index contributed by atoms with van der Waals surface area (Å²) in [6, 6.07) is 0. The van der Waals surface area contributed by atoms with E-state index in [1.165, 1.54) is 18.9 Å². The van der Waals surface area contributed by atoms with Gasteiger partial charge < -0.3 is 5.11 Å². The van der Waals surface area contributed by atoms with E-state index in [4.69, 9.17) is 0 Å². The Hall–Kier alpha value is -1.05. The van der Waals surface area contributed by atoms with Gasteiger partial charge in [-0.1, -0.05) is 19.4 Å². The fraction of sp³-hybridized carbons (Fsp3) is 0.615. The lowest BCUT2D eigenvalue weighted by Crippen LogP contribution is -2.19. The second kappa shape index (κ2) is 4.21. The van der Waals surface area contributed by atoms with Crippen LogP contribution in [0.2, 0.25) is 0 Å². The smallest absolute Gasteiger partial charge is 0.194 e. The van der Waals surface area contributed by atoms with Gasteiger partial charge in [0.25, 0.3) is 0 Å². The van der Waals surface area contributed by atoms with Crippen LogP contribution in [0.4, 0.5) is 0 Å². The summed E-state index contributed by atoms with van der Waals surface area (Å²) >= 11 is 0. The van der Waals surface area contributed by atoms with Crippen LogP contribution in [0.1, 0.15) is 47.0 Å². The molecule has 84 valence electrons. The van der Waals surface area contributed by atoms with E-state index in [2.05, 4.69) is 20.8 Å². The van der Waals surface area contributed by atoms with Gasteiger partial charge in [-0.15, -0.1) is 0 Å². The van der Waals surface area contributed by atoms with Gasteiger partial charge in [-0.05, 0) is 43.3 Å². The summed E-state index contributed by atoms with van der Waals surface area (Å²) in [4.78, 5) is 11.0. The molecule has 1 N–H and O–H groups in total. The van der Waals surface area contributed by atoms with E-state index in [0.29, 0.717) is 0 Å². The van der Waals surface area contributed by atoms with Crippen molar-refractivity contribution in [1.29, 1.82) is 0 Å². The molecule has 0 bridgehead atoms. The van der Waals surface area contributed by atoms with Crippen molar-refractivity contribution in [2.45, 2.75) is 47.0 Å². The number of Topliss-reactive ketones (excluding diaryl/α,β-unsaturated/α-hetero) is 1. The van der Waals surface area contributed by atoms with E-state index in [1.54, 1.807) is 6.08 Å². The largest absolute Gasteiger partial charge is 0.504 e. The highest BCUT2D eigenvalue weighted by atomic mass is 16.3. The molecule has 2 nitrogen and oxygen atoms in total. The van der Waals surface area contributed by atoms with Crippen molar-refractivity contribution in [3.8, 4) is 0 Å². The average molecular weight is 208 g/mol. The molecular weight excluding hydrogens is 188 g/mol. The van der Waals surface area contributed by atoms with Crippen LogP contribution >= 0.6 is 0 Å². The minimum absolute atomic E-state index is 0.0752. The summed E-state index contributed by atoms with van der Waals surface area (Å²) in [6.07, 6.45) is 5.02. The van der Waals surface area contributed by atoms with Gasteiger partial charge in [0.1, 0.15) is 0 Å². The van der Waals surface area contributed by atoms with Gasteiger partial charge in [0.2, 0.25) is 0 Å². The van der Waals surface area contributed by atoms with Crippen molar-refractivity contribution in [3.63, 3.8) is 0 Å². The van der Waals surface area contributed by atoms with E-state index in [-0.39, 0.29) is 17.0 Å². The summed E-state index contributed by atoms with van der Waals surface area (Å²) in [5.41, 5.74) is 2.49. The van der Waals surface area contributed by atoms with Crippen LogP contribution < -0.4 is 0 Å². The number of ketones is 1. The monoisotopic (exact) mass is 208 g/mol. The lowest BCUT2D eigenvalue weighted by atomic mass is 9.72. The number of hydrogen-bond donors (Lipinski definition) is 1. The second-order valence-electron chi connectivity index (χ2n) is 5.02. The minimum atomic E-state index is -0.267. The van der Waals surface area contributed by atoms with E-state index >= 15 is 0 Å². The molecule has 0 amide bonds. The van der Waals surface area contributed by atoms with Gasteiger partial charge in [-0.2, -0.15) is 0 Å². The zero-order chi connectivity index (χ0) is 11.6. The van der Waals surface area contributed by atoms with Crippen LogP contribution in [0.5, 0.6) is 0 Å². The molecule has 15 heavy (non-hydrogen) atoms. The first-order valence-electron chi connectivity index (χ1n) is 5.46. The van der Waals surface area contributed by atoms with Crippen LogP contribution in [0.25, 0.3) is 0 Å². The predicted octanol–water partition coefficient (Wildman–Crippen LogP) is 3.54. The Morgan fingerprint density at radius 3 is 2.53 bits per heavy atom. The molecule has 0 saturated heterocycles. The molecule has 0 fully saturated rings. The minimum Gasteiger partial charge on any atom is -0.504 e. The zero-order valence-corrected chi connectivity index (χ0v) is 10.1. The van der Waals surface area contributed by atoms with Crippen LogP contribution in [-0.4, -0.2) is 10.9 Å². The third kappa shape index (κ3) is 2.71. The Morgan fingerprint density at radius 1 is 1.47 bits per heavy atom. The lowest BCUT2D eigenvalue weighted by molar-refractivity contribution is -0.115. The Balaban J connectivity index is 3.10. The highest BCUT2D eigenvalue weighted by Gasteiger charge is 2.27. The molecule has 0 spiro atoms. The van der Waals surface area contributed by atoms with E-state index in [9.17, 15) is 9.90 Å². The van der Waals surface area contributed by atoms with Crippen LogP contribution in [0.3, 0.4) is 0 Å². The van der Waals surface area contributed by atoms with Crippen LogP contribution in [-0.2, 0) is 4.79 Å². The van der Waals surface area contributed by atoms with Gasteiger partial charge in [0.15, 0.2) is 11.5 Å². The Morgan fingerprint density at radius 2 is 2.07 bits per heavy atom. The fourth-order valence-electron chi connectivity index (χ4n) is 2.20. The maximum absolute atomic E-state index is 11.0. The molecule has 1 aliphatic carbocycles. The SMILES string of the molecule is CC(=O)/C(O)=C/C1=C(C)CCCC1(C)C. The quantitative estimate of drug-likeness (QED) is 0.556. The third-order valence-corrected chi connectivity index (χ3v) is 3.18. The molecule has 1 aliphatic rings. The van der Waals surface area contributed by atoms with Crippen molar-refractivity contribution < 1.29 is 9.90 Å². The Bertz CT molecular complexity index is 332. The second-order valence-corrected chi connectivity index (χ2v) is 5.02. The summed E-state index contributed by atoms with van der Waals surface area (Å²) in [5, 5.41) is 9.51. The Kier molecular flexibility index (Phi) is 3.38. The molecule has 2 heteroatoms. The fourth-order valence-corrected chi connectivity index (χ4v) is 2.20. The van der Waals surface area contributed by atoms with Gasteiger partial charge >= 0.3 is 0 Å². The highest BCUT2D eigenvalue weighted by Crippen LogP contribution is 2.40. The lowest BCUT2D eigenvalue weighted by Gasteiger charge is -2.32. The first-order chi connectivity index (χ1) is 6.84. The van der Waals surface area contributed by atoms with Gasteiger partial charge in [0.05, 0.1) is 0 Å². The molecule has 0 aromatic heterocycles. The number of rotatable bonds is 2. The third-order valence-electron chi connectivity index (χ3n) is 3.18. The molecule has 0 aliphatic heterocycles. The average Bonchev–Trinajstić information content (AvgIpc) is 2.10. The molecular formula is C13H20O2. The first kappa shape index (κ1) is 12.0. The van der Waals surface area contributed by atoms with E-state index < -0.39 is 0 Å². The Labute approximate surface area is 91.7 Å². The number of aliphatic hydroxyl groups is 1. The molecule has 1 rings (SSSR count). The molecule has 0 heterocycles. The topological polar surface area (TPSA) is 37.3 Å². The maximum atomic E-state index is 11.0. The summed E-state index contributed by atoms with van der Waals surface area (Å²) in [7, 11) is 0. The van der Waals surface area contributed by atoms with Crippen molar-refractivity contribution in [1.82, 2.24) is 0 Å². The standard InChI is InChI=1S/C13H20O2/c1-9-6-5-7-13(3,4)11(9)8-12(15)10(2)14/h8,15H,5-7H2,1-4H3/b12-8-. The molecule has 0 unspecified atom stereocenters. The first-order valence-corrected chi connectivity index (χ1v) is 5.46. The molecule has 0 saturated carbocycles. The number of aliphatic hydroxyl groups excluding tert-OH is 1. The summed E-state index contributed by atoms with van der Waals surface area (Å²) < 4.78 is 0. The molecule has 0 radical (unpaired) electrons. The van der Waals surface area contributed by atoms with Crippen LogP contribution in [0.15, 0.2) is 23.0 Å². The predicted molar refractivity (Wildman–Crippen MR) is 61.7 cm³/mol. The number of carbonyl (C=O) groups is 1. The van der Waals surface area contributed by atoms with Gasteiger partial charge in [0, 0.05) is 6.92 Å². The van der Waals surface area contributed by atoms with Gasteiger partial charge in [-0.25, -0.2) is 0 Å². The van der Waals surface area contributed by atoms with Crippen LogP contribution in [0, 0.1) is 5.41 Å². The molecule has 0 atom stereocenters. The molecule has 0 aromatic rings. The van der Waals surface area contributed by atoms with E-state index in [0.717, 1.165) is 18.4 Å². The van der Waals surface area contributed by atoms with Crippen molar-refractivity contribution in [3.05, 3.63) is 23.0 Å². The number of allylic oxidation sites excluding steroid dienone is 4. The number of carbonyl (C=O) groups excluding carboxylic acids is 1. The maximum Gasteiger partial charge on any atom is 0.194 e. The van der Waals surface area contributed by atoms with E-state index in [1.807, 2.05) is 0 Å². The zero-order valence-electron chi connectivity index (χ0n) is 10.1. The van der Waals surface area contributed by atoms with Gasteiger partial charge in [-0.3, -0.25) is 4.79 Å².